The molecule has 0 saturated carbocycles. The second-order valence-electron chi connectivity index (χ2n) is 4.04. The molecule has 1 aromatic carbocycles. The maximum Gasteiger partial charge on any atom is 0.159 e. The van der Waals surface area contributed by atoms with Gasteiger partial charge in [-0.15, -0.1) is 0 Å². The number of hydrogen-bond acceptors (Lipinski definition) is 3. The fourth-order valence-corrected chi connectivity index (χ4v) is 1.84. The third-order valence-corrected chi connectivity index (χ3v) is 2.93. The third-order valence-electron chi connectivity index (χ3n) is 2.65. The first-order chi connectivity index (χ1) is 8.49. The van der Waals surface area contributed by atoms with E-state index in [1.165, 1.54) is 12.1 Å². The van der Waals surface area contributed by atoms with Gasteiger partial charge in [0.25, 0.3) is 0 Å². The standard InChI is InChI=1S/C13H12ClFN2O/c1-7-10(8(2)18)6-16-13(17-7)9-3-4-12(15)11(14)5-9/h3-6,8,18H,1-2H3. The topological polar surface area (TPSA) is 46.0 Å². The van der Waals surface area contributed by atoms with Gasteiger partial charge in [0.15, 0.2) is 5.82 Å². The minimum atomic E-state index is -0.615. The molecule has 0 saturated heterocycles. The fourth-order valence-electron chi connectivity index (χ4n) is 1.66. The van der Waals surface area contributed by atoms with Crippen LogP contribution < -0.4 is 0 Å². The molecule has 1 atom stereocenters. The van der Waals surface area contributed by atoms with Gasteiger partial charge in [0.05, 0.1) is 11.1 Å². The van der Waals surface area contributed by atoms with Crippen molar-refractivity contribution in [1.82, 2.24) is 9.97 Å². The van der Waals surface area contributed by atoms with E-state index < -0.39 is 11.9 Å². The highest BCUT2D eigenvalue weighted by Crippen LogP contribution is 2.24. The Hall–Kier alpha value is -1.52. The van der Waals surface area contributed by atoms with Crippen molar-refractivity contribution < 1.29 is 9.50 Å². The Morgan fingerprint density at radius 2 is 2.11 bits per heavy atom. The van der Waals surface area contributed by atoms with E-state index in [2.05, 4.69) is 9.97 Å². The molecule has 0 radical (unpaired) electrons. The van der Waals surface area contributed by atoms with Crippen molar-refractivity contribution in [2.75, 3.05) is 0 Å². The SMILES string of the molecule is Cc1nc(-c2ccc(F)c(Cl)c2)ncc1C(C)O. The number of aliphatic hydroxyl groups is 1. The summed E-state index contributed by atoms with van der Waals surface area (Å²) in [6.45, 7) is 3.44. The van der Waals surface area contributed by atoms with Crippen molar-refractivity contribution in [3.63, 3.8) is 0 Å². The first-order valence-corrected chi connectivity index (χ1v) is 5.84. The van der Waals surface area contributed by atoms with Crippen LogP contribution in [0.2, 0.25) is 5.02 Å². The predicted octanol–water partition coefficient (Wildman–Crippen LogP) is 3.30. The monoisotopic (exact) mass is 266 g/mol. The molecule has 2 aromatic rings. The van der Waals surface area contributed by atoms with Gasteiger partial charge in [-0.05, 0) is 32.0 Å². The lowest BCUT2D eigenvalue weighted by molar-refractivity contribution is 0.197. The van der Waals surface area contributed by atoms with Gasteiger partial charge >= 0.3 is 0 Å². The first kappa shape index (κ1) is 12.9. The number of halogens is 2. The van der Waals surface area contributed by atoms with Gasteiger partial charge < -0.3 is 5.11 Å². The normalized spacial score (nSPS) is 12.5. The maximum atomic E-state index is 13.1. The molecule has 5 heteroatoms. The Morgan fingerprint density at radius 1 is 1.39 bits per heavy atom. The molecule has 0 fully saturated rings. The van der Waals surface area contributed by atoms with E-state index in [9.17, 15) is 9.50 Å². The van der Waals surface area contributed by atoms with Gasteiger partial charge in [0.2, 0.25) is 0 Å². The van der Waals surface area contributed by atoms with Crippen LogP contribution >= 0.6 is 11.6 Å². The molecule has 1 aromatic heterocycles. The zero-order valence-corrected chi connectivity index (χ0v) is 10.7. The summed E-state index contributed by atoms with van der Waals surface area (Å²) in [5.74, 6) is -0.0171. The van der Waals surface area contributed by atoms with Crippen LogP contribution in [-0.4, -0.2) is 15.1 Å². The van der Waals surface area contributed by atoms with Gasteiger partial charge in [0, 0.05) is 23.0 Å². The van der Waals surface area contributed by atoms with Crippen molar-refractivity contribution in [1.29, 1.82) is 0 Å². The van der Waals surface area contributed by atoms with Crippen LogP contribution in [0.4, 0.5) is 4.39 Å². The summed E-state index contributed by atoms with van der Waals surface area (Å²) in [6.07, 6.45) is 0.954. The second kappa shape index (κ2) is 5.00. The Labute approximate surface area is 109 Å². The molecule has 94 valence electrons. The minimum Gasteiger partial charge on any atom is -0.389 e. The molecule has 0 bridgehead atoms. The average molecular weight is 267 g/mol. The van der Waals surface area contributed by atoms with Gasteiger partial charge in [-0.3, -0.25) is 0 Å². The number of aryl methyl sites for hydroxylation is 1. The molecular weight excluding hydrogens is 255 g/mol. The highest BCUT2D eigenvalue weighted by atomic mass is 35.5. The molecule has 0 amide bonds. The van der Waals surface area contributed by atoms with Gasteiger partial charge in [-0.2, -0.15) is 0 Å². The molecule has 0 aliphatic rings. The average Bonchev–Trinajstić information content (AvgIpc) is 2.32. The number of nitrogens with zero attached hydrogens (tertiary/aromatic N) is 2. The maximum absolute atomic E-state index is 13.1. The lowest BCUT2D eigenvalue weighted by Gasteiger charge is -2.09. The van der Waals surface area contributed by atoms with E-state index in [0.29, 0.717) is 22.6 Å². The van der Waals surface area contributed by atoms with E-state index in [1.54, 1.807) is 26.1 Å². The van der Waals surface area contributed by atoms with Gasteiger partial charge in [0.1, 0.15) is 5.82 Å². The van der Waals surface area contributed by atoms with E-state index in [1.807, 2.05) is 0 Å². The zero-order valence-electron chi connectivity index (χ0n) is 9.98. The summed E-state index contributed by atoms with van der Waals surface area (Å²) in [4.78, 5) is 8.43. The third kappa shape index (κ3) is 2.49. The molecule has 1 unspecified atom stereocenters. The number of rotatable bonds is 2. The Morgan fingerprint density at radius 3 is 2.67 bits per heavy atom. The summed E-state index contributed by atoms with van der Waals surface area (Å²) in [7, 11) is 0. The molecule has 1 heterocycles. The van der Waals surface area contributed by atoms with Crippen LogP contribution in [0.25, 0.3) is 11.4 Å². The summed E-state index contributed by atoms with van der Waals surface area (Å²) >= 11 is 5.71. The fraction of sp³-hybridized carbons (Fsp3) is 0.231. The second-order valence-corrected chi connectivity index (χ2v) is 4.45. The molecule has 0 spiro atoms. The van der Waals surface area contributed by atoms with Crippen molar-refractivity contribution in [2.24, 2.45) is 0 Å². The van der Waals surface area contributed by atoms with Crippen molar-refractivity contribution >= 4 is 11.6 Å². The van der Waals surface area contributed by atoms with Gasteiger partial charge in [-0.25, -0.2) is 14.4 Å². The number of hydrogen-bond donors (Lipinski definition) is 1. The van der Waals surface area contributed by atoms with E-state index in [-0.39, 0.29) is 5.02 Å². The Balaban J connectivity index is 2.45. The summed E-state index contributed by atoms with van der Waals surface area (Å²) < 4.78 is 13.1. The summed E-state index contributed by atoms with van der Waals surface area (Å²) in [5.41, 5.74) is 2.00. The largest absolute Gasteiger partial charge is 0.389 e. The van der Waals surface area contributed by atoms with E-state index >= 15 is 0 Å². The number of benzene rings is 1. The quantitative estimate of drug-likeness (QED) is 0.907. The van der Waals surface area contributed by atoms with Crippen LogP contribution in [-0.2, 0) is 0 Å². The minimum absolute atomic E-state index is 0.0355. The summed E-state index contributed by atoms with van der Waals surface area (Å²) in [5, 5.41) is 9.53. The zero-order chi connectivity index (χ0) is 13.3. The Kier molecular flexibility index (Phi) is 3.59. The lowest BCUT2D eigenvalue weighted by Crippen LogP contribution is -2.01. The summed E-state index contributed by atoms with van der Waals surface area (Å²) in [6, 6.07) is 4.32. The molecule has 0 aliphatic carbocycles. The van der Waals surface area contributed by atoms with Crippen molar-refractivity contribution in [3.05, 3.63) is 46.5 Å². The van der Waals surface area contributed by atoms with Crippen LogP contribution in [0.5, 0.6) is 0 Å². The molecule has 1 N–H and O–H groups in total. The highest BCUT2D eigenvalue weighted by Gasteiger charge is 2.10. The first-order valence-electron chi connectivity index (χ1n) is 5.46. The predicted molar refractivity (Wildman–Crippen MR) is 67.8 cm³/mol. The molecule has 0 aliphatic heterocycles. The van der Waals surface area contributed by atoms with Crippen LogP contribution in [0.15, 0.2) is 24.4 Å². The van der Waals surface area contributed by atoms with E-state index in [0.717, 1.165) is 0 Å². The molecular formula is C13H12ClFN2O. The highest BCUT2D eigenvalue weighted by molar-refractivity contribution is 6.31. The van der Waals surface area contributed by atoms with Crippen LogP contribution in [0, 0.1) is 12.7 Å². The Bertz CT molecular complexity index is 587. The van der Waals surface area contributed by atoms with Crippen molar-refractivity contribution in [3.8, 4) is 11.4 Å². The van der Waals surface area contributed by atoms with Crippen LogP contribution in [0.1, 0.15) is 24.3 Å². The van der Waals surface area contributed by atoms with Crippen molar-refractivity contribution in [2.45, 2.75) is 20.0 Å². The molecule has 3 nitrogen and oxygen atoms in total. The molecule has 2 rings (SSSR count). The molecule has 18 heavy (non-hydrogen) atoms. The van der Waals surface area contributed by atoms with Crippen LogP contribution in [0.3, 0.4) is 0 Å². The smallest absolute Gasteiger partial charge is 0.159 e. The van der Waals surface area contributed by atoms with E-state index in [4.69, 9.17) is 11.6 Å². The van der Waals surface area contributed by atoms with Gasteiger partial charge in [-0.1, -0.05) is 11.6 Å². The number of aliphatic hydroxyl groups excluding tert-OH is 1. The number of aromatic nitrogens is 2. The lowest BCUT2D eigenvalue weighted by atomic mass is 10.1.